The summed E-state index contributed by atoms with van der Waals surface area (Å²) in [6.45, 7) is 7.50. The van der Waals surface area contributed by atoms with Crippen LogP contribution in [-0.2, 0) is 9.53 Å². The first kappa shape index (κ1) is 14.7. The minimum atomic E-state index is -0.515. The standard InChI is InChI=1S/C15H22N2O3/c1-15(2,3)20-14(19)12-10-16-8-9-17(12)11-6-4-5-7-13(11)18/h4-7,12,16,18H,8-10H2,1-3H3. The summed E-state index contributed by atoms with van der Waals surface area (Å²) in [4.78, 5) is 14.2. The number of carbonyl (C=O) groups excluding carboxylic acids is 1. The van der Waals surface area contributed by atoms with Crippen LogP contribution < -0.4 is 10.2 Å². The molecule has 2 N–H and O–H groups in total. The van der Waals surface area contributed by atoms with Crippen molar-refractivity contribution < 1.29 is 14.6 Å². The van der Waals surface area contributed by atoms with Crippen molar-refractivity contribution in [1.82, 2.24) is 5.32 Å². The molecule has 1 aromatic carbocycles. The highest BCUT2D eigenvalue weighted by molar-refractivity contribution is 5.82. The lowest BCUT2D eigenvalue weighted by Gasteiger charge is -2.37. The Hall–Kier alpha value is -1.75. The SMILES string of the molecule is CC(C)(C)OC(=O)C1CNCCN1c1ccccc1O. The summed E-state index contributed by atoms with van der Waals surface area (Å²) < 4.78 is 5.47. The van der Waals surface area contributed by atoms with Gasteiger partial charge in [0.15, 0.2) is 0 Å². The zero-order valence-electron chi connectivity index (χ0n) is 12.2. The molecule has 5 nitrogen and oxygen atoms in total. The van der Waals surface area contributed by atoms with E-state index in [-0.39, 0.29) is 11.7 Å². The van der Waals surface area contributed by atoms with Gasteiger partial charge in [0, 0.05) is 19.6 Å². The molecular formula is C15H22N2O3. The molecule has 5 heteroatoms. The van der Waals surface area contributed by atoms with Gasteiger partial charge >= 0.3 is 5.97 Å². The van der Waals surface area contributed by atoms with Crippen LogP contribution in [0.2, 0.25) is 0 Å². The summed E-state index contributed by atoms with van der Waals surface area (Å²) in [5, 5.41) is 13.2. The van der Waals surface area contributed by atoms with Gasteiger partial charge in [0.05, 0.1) is 5.69 Å². The summed E-state index contributed by atoms with van der Waals surface area (Å²) in [5.41, 5.74) is 0.156. The fourth-order valence-corrected chi connectivity index (χ4v) is 2.28. The molecule has 110 valence electrons. The lowest BCUT2D eigenvalue weighted by Crippen LogP contribution is -2.56. The van der Waals surface area contributed by atoms with Crippen LogP contribution in [0.5, 0.6) is 5.75 Å². The molecule has 0 radical (unpaired) electrons. The number of phenolic OH excluding ortho intramolecular Hbond substituents is 1. The number of hydrogen-bond acceptors (Lipinski definition) is 5. The lowest BCUT2D eigenvalue weighted by atomic mass is 10.1. The van der Waals surface area contributed by atoms with Crippen LogP contribution in [0.15, 0.2) is 24.3 Å². The number of hydrogen-bond donors (Lipinski definition) is 2. The Bertz CT molecular complexity index is 482. The van der Waals surface area contributed by atoms with Crippen LogP contribution in [0.3, 0.4) is 0 Å². The van der Waals surface area contributed by atoms with Gasteiger partial charge in [-0.3, -0.25) is 0 Å². The van der Waals surface area contributed by atoms with Gasteiger partial charge in [0.25, 0.3) is 0 Å². The van der Waals surface area contributed by atoms with Crippen molar-refractivity contribution in [3.8, 4) is 5.75 Å². The van der Waals surface area contributed by atoms with Crippen molar-refractivity contribution in [2.45, 2.75) is 32.4 Å². The summed E-state index contributed by atoms with van der Waals surface area (Å²) in [7, 11) is 0. The van der Waals surface area contributed by atoms with Crippen molar-refractivity contribution in [3.63, 3.8) is 0 Å². The number of rotatable bonds is 2. The van der Waals surface area contributed by atoms with E-state index < -0.39 is 11.6 Å². The lowest BCUT2D eigenvalue weighted by molar-refractivity contribution is -0.156. The van der Waals surface area contributed by atoms with Crippen molar-refractivity contribution in [2.75, 3.05) is 24.5 Å². The first-order valence-electron chi connectivity index (χ1n) is 6.87. The third-order valence-electron chi connectivity index (χ3n) is 3.11. The molecule has 0 spiro atoms. The van der Waals surface area contributed by atoms with Crippen molar-refractivity contribution >= 4 is 11.7 Å². The normalized spacial score (nSPS) is 19.8. The van der Waals surface area contributed by atoms with E-state index in [0.29, 0.717) is 18.8 Å². The molecule has 1 fully saturated rings. The molecule has 1 unspecified atom stereocenters. The number of para-hydroxylation sites is 2. The van der Waals surface area contributed by atoms with Gasteiger partial charge in [-0.1, -0.05) is 12.1 Å². The van der Waals surface area contributed by atoms with E-state index in [1.165, 1.54) is 0 Å². The molecule has 1 heterocycles. The van der Waals surface area contributed by atoms with E-state index in [1.54, 1.807) is 12.1 Å². The Morgan fingerprint density at radius 3 is 2.75 bits per heavy atom. The number of esters is 1. The number of nitrogens with zero attached hydrogens (tertiary/aromatic N) is 1. The predicted molar refractivity (Wildman–Crippen MR) is 78.0 cm³/mol. The third-order valence-corrected chi connectivity index (χ3v) is 3.11. The van der Waals surface area contributed by atoms with E-state index >= 15 is 0 Å². The largest absolute Gasteiger partial charge is 0.506 e. The van der Waals surface area contributed by atoms with Crippen molar-refractivity contribution in [2.24, 2.45) is 0 Å². The van der Waals surface area contributed by atoms with Gasteiger partial charge < -0.3 is 20.1 Å². The van der Waals surface area contributed by atoms with Gasteiger partial charge in [-0.25, -0.2) is 4.79 Å². The molecule has 0 aromatic heterocycles. The molecule has 0 bridgehead atoms. The quantitative estimate of drug-likeness (QED) is 0.803. The zero-order valence-corrected chi connectivity index (χ0v) is 12.2. The molecule has 0 aliphatic carbocycles. The fraction of sp³-hybridized carbons (Fsp3) is 0.533. The van der Waals surface area contributed by atoms with E-state index in [4.69, 9.17) is 4.74 Å². The summed E-state index contributed by atoms with van der Waals surface area (Å²) in [5.74, 6) is -0.0871. The van der Waals surface area contributed by atoms with Crippen LogP contribution in [0.1, 0.15) is 20.8 Å². The molecule has 0 saturated carbocycles. The monoisotopic (exact) mass is 278 g/mol. The average molecular weight is 278 g/mol. The number of aromatic hydroxyl groups is 1. The maximum Gasteiger partial charge on any atom is 0.330 e. The number of phenols is 1. The number of carbonyl (C=O) groups is 1. The molecule has 1 aromatic rings. The number of anilines is 1. The molecular weight excluding hydrogens is 256 g/mol. The van der Waals surface area contributed by atoms with Gasteiger partial charge in [-0.05, 0) is 32.9 Å². The highest BCUT2D eigenvalue weighted by Gasteiger charge is 2.33. The molecule has 1 aliphatic rings. The van der Waals surface area contributed by atoms with Gasteiger partial charge in [0.2, 0.25) is 0 Å². The van der Waals surface area contributed by atoms with Crippen molar-refractivity contribution in [3.05, 3.63) is 24.3 Å². The first-order chi connectivity index (χ1) is 9.38. The summed E-state index contributed by atoms with van der Waals surface area (Å²) in [6.07, 6.45) is 0. The summed E-state index contributed by atoms with van der Waals surface area (Å²) in [6, 6.07) is 6.64. The van der Waals surface area contributed by atoms with Crippen LogP contribution >= 0.6 is 0 Å². The average Bonchev–Trinajstić information content (AvgIpc) is 2.37. The van der Waals surface area contributed by atoms with E-state index in [0.717, 1.165) is 6.54 Å². The highest BCUT2D eigenvalue weighted by Crippen LogP contribution is 2.29. The Kier molecular flexibility index (Phi) is 4.18. The van der Waals surface area contributed by atoms with E-state index in [9.17, 15) is 9.90 Å². The molecule has 1 atom stereocenters. The van der Waals surface area contributed by atoms with E-state index in [1.807, 2.05) is 37.8 Å². The maximum atomic E-state index is 12.3. The second kappa shape index (κ2) is 5.71. The van der Waals surface area contributed by atoms with Crippen LogP contribution in [0.25, 0.3) is 0 Å². The Balaban J connectivity index is 2.22. The number of nitrogens with one attached hydrogen (secondary N) is 1. The highest BCUT2D eigenvalue weighted by atomic mass is 16.6. The van der Waals surface area contributed by atoms with Gasteiger partial charge in [-0.2, -0.15) is 0 Å². The second-order valence-electron chi connectivity index (χ2n) is 5.94. The molecule has 2 rings (SSSR count). The third kappa shape index (κ3) is 3.42. The molecule has 1 aliphatic heterocycles. The topological polar surface area (TPSA) is 61.8 Å². The van der Waals surface area contributed by atoms with Crippen LogP contribution in [-0.4, -0.2) is 42.4 Å². The minimum absolute atomic E-state index is 0.183. The number of ether oxygens (including phenoxy) is 1. The van der Waals surface area contributed by atoms with Gasteiger partial charge in [-0.15, -0.1) is 0 Å². The molecule has 0 amide bonds. The minimum Gasteiger partial charge on any atom is -0.506 e. The molecule has 1 saturated heterocycles. The van der Waals surface area contributed by atoms with Crippen LogP contribution in [0, 0.1) is 0 Å². The zero-order chi connectivity index (χ0) is 14.8. The van der Waals surface area contributed by atoms with Crippen LogP contribution in [0.4, 0.5) is 5.69 Å². The fourth-order valence-electron chi connectivity index (χ4n) is 2.28. The smallest absolute Gasteiger partial charge is 0.330 e. The number of piperazine rings is 1. The van der Waals surface area contributed by atoms with Crippen molar-refractivity contribution in [1.29, 1.82) is 0 Å². The Morgan fingerprint density at radius 1 is 1.40 bits per heavy atom. The first-order valence-corrected chi connectivity index (χ1v) is 6.87. The predicted octanol–water partition coefficient (Wildman–Crippen LogP) is 1.51. The second-order valence-corrected chi connectivity index (χ2v) is 5.94. The van der Waals surface area contributed by atoms with E-state index in [2.05, 4.69) is 5.32 Å². The molecule has 20 heavy (non-hydrogen) atoms. The Morgan fingerprint density at radius 2 is 2.10 bits per heavy atom. The number of benzene rings is 1. The summed E-state index contributed by atoms with van der Waals surface area (Å²) >= 11 is 0. The Labute approximate surface area is 119 Å². The maximum absolute atomic E-state index is 12.3. The van der Waals surface area contributed by atoms with Gasteiger partial charge in [0.1, 0.15) is 17.4 Å².